The summed E-state index contributed by atoms with van der Waals surface area (Å²) in [6, 6.07) is 7.23. The van der Waals surface area contributed by atoms with Crippen molar-refractivity contribution in [1.29, 1.82) is 0 Å². The fourth-order valence-corrected chi connectivity index (χ4v) is 3.94. The molecule has 2 heterocycles. The number of thiophene rings is 1. The fourth-order valence-electron chi connectivity index (χ4n) is 2.90. The Morgan fingerprint density at radius 2 is 1.79 bits per heavy atom. The molecule has 0 radical (unpaired) electrons. The first-order chi connectivity index (χ1) is 13.3. The van der Waals surface area contributed by atoms with Gasteiger partial charge in [-0.25, -0.2) is 4.39 Å². The third kappa shape index (κ3) is 4.69. The molecular formula is C19H19ClFN3O3S. The van der Waals surface area contributed by atoms with E-state index in [1.54, 1.807) is 15.9 Å². The smallest absolute Gasteiger partial charge is 0.261 e. The molecule has 0 aliphatic carbocycles. The summed E-state index contributed by atoms with van der Waals surface area (Å²) < 4.78 is 13.1. The predicted molar refractivity (Wildman–Crippen MR) is 105 cm³/mol. The van der Waals surface area contributed by atoms with E-state index >= 15 is 0 Å². The van der Waals surface area contributed by atoms with Crippen molar-refractivity contribution in [3.05, 3.63) is 56.5 Å². The van der Waals surface area contributed by atoms with Crippen LogP contribution in [0.25, 0.3) is 0 Å². The molecule has 1 aromatic heterocycles. The Hall–Kier alpha value is -2.45. The lowest BCUT2D eigenvalue weighted by atomic mass is 10.1. The van der Waals surface area contributed by atoms with Gasteiger partial charge in [0.05, 0.1) is 22.0 Å². The highest BCUT2D eigenvalue weighted by Crippen LogP contribution is 2.20. The lowest BCUT2D eigenvalue weighted by molar-refractivity contribution is -0.131. The summed E-state index contributed by atoms with van der Waals surface area (Å²) in [5.41, 5.74) is 0.237. The van der Waals surface area contributed by atoms with Crippen LogP contribution in [0.15, 0.2) is 30.3 Å². The largest absolute Gasteiger partial charge is 0.342 e. The highest BCUT2D eigenvalue weighted by atomic mass is 35.5. The maximum atomic E-state index is 13.1. The number of hydrogen-bond acceptors (Lipinski definition) is 4. The van der Waals surface area contributed by atoms with Crippen LogP contribution in [0.1, 0.15) is 24.9 Å². The van der Waals surface area contributed by atoms with Gasteiger partial charge >= 0.3 is 0 Å². The summed E-state index contributed by atoms with van der Waals surface area (Å²) in [6.45, 7) is 3.22. The van der Waals surface area contributed by atoms with Crippen molar-refractivity contribution in [2.45, 2.75) is 6.92 Å². The molecule has 1 aliphatic heterocycles. The molecule has 148 valence electrons. The number of rotatable bonds is 4. The second-order valence-corrected chi connectivity index (χ2v) is 8.09. The first-order valence-electron chi connectivity index (χ1n) is 8.72. The molecule has 3 amide bonds. The molecule has 1 aliphatic rings. The van der Waals surface area contributed by atoms with Crippen LogP contribution in [0, 0.1) is 12.7 Å². The highest BCUT2D eigenvalue weighted by molar-refractivity contribution is 7.13. The van der Waals surface area contributed by atoms with Crippen molar-refractivity contribution in [3.8, 4) is 0 Å². The summed E-state index contributed by atoms with van der Waals surface area (Å²) in [5, 5.41) is 2.69. The van der Waals surface area contributed by atoms with Gasteiger partial charge in [-0.2, -0.15) is 0 Å². The molecular weight excluding hydrogens is 405 g/mol. The SMILES string of the molecule is Cc1ccc(C(=O)NCC(=O)N2CCN(C(=O)c3ccc(F)cc3Cl)CC2)s1. The predicted octanol–water partition coefficient (Wildman–Crippen LogP) is 2.56. The van der Waals surface area contributed by atoms with E-state index in [0.717, 1.165) is 10.9 Å². The van der Waals surface area contributed by atoms with Crippen LogP contribution in [0.2, 0.25) is 5.02 Å². The number of piperazine rings is 1. The molecule has 0 spiro atoms. The minimum absolute atomic E-state index is 0.0648. The van der Waals surface area contributed by atoms with Gasteiger partial charge < -0.3 is 15.1 Å². The van der Waals surface area contributed by atoms with Gasteiger partial charge in [-0.05, 0) is 37.3 Å². The first-order valence-corrected chi connectivity index (χ1v) is 9.91. The summed E-state index contributed by atoms with van der Waals surface area (Å²) in [5.74, 6) is -1.27. The van der Waals surface area contributed by atoms with Gasteiger partial charge in [0.25, 0.3) is 11.8 Å². The average molecular weight is 424 g/mol. The van der Waals surface area contributed by atoms with Gasteiger partial charge in [-0.1, -0.05) is 11.6 Å². The zero-order valence-electron chi connectivity index (χ0n) is 15.2. The van der Waals surface area contributed by atoms with Gasteiger partial charge in [-0.15, -0.1) is 11.3 Å². The van der Waals surface area contributed by atoms with Crippen LogP contribution in [0.3, 0.4) is 0 Å². The van der Waals surface area contributed by atoms with E-state index in [0.29, 0.717) is 31.1 Å². The number of hydrogen-bond donors (Lipinski definition) is 1. The van der Waals surface area contributed by atoms with Crippen molar-refractivity contribution < 1.29 is 18.8 Å². The number of benzene rings is 1. The summed E-state index contributed by atoms with van der Waals surface area (Å²) in [6.07, 6.45) is 0. The third-order valence-electron chi connectivity index (χ3n) is 4.45. The van der Waals surface area contributed by atoms with Crippen LogP contribution >= 0.6 is 22.9 Å². The number of nitrogens with one attached hydrogen (secondary N) is 1. The van der Waals surface area contributed by atoms with E-state index in [1.165, 1.54) is 23.5 Å². The number of carbonyl (C=O) groups excluding carboxylic acids is 3. The maximum Gasteiger partial charge on any atom is 0.261 e. The Balaban J connectivity index is 1.49. The minimum atomic E-state index is -0.503. The first kappa shape index (κ1) is 20.3. The molecule has 0 saturated carbocycles. The van der Waals surface area contributed by atoms with E-state index in [2.05, 4.69) is 5.32 Å². The number of carbonyl (C=O) groups is 3. The second-order valence-electron chi connectivity index (χ2n) is 6.39. The molecule has 9 heteroatoms. The van der Waals surface area contributed by atoms with Crippen molar-refractivity contribution >= 4 is 40.7 Å². The normalized spacial score (nSPS) is 14.1. The Morgan fingerprint density at radius 1 is 1.11 bits per heavy atom. The molecule has 0 atom stereocenters. The molecule has 1 saturated heterocycles. The molecule has 0 unspecified atom stereocenters. The minimum Gasteiger partial charge on any atom is -0.342 e. The molecule has 28 heavy (non-hydrogen) atoms. The van der Waals surface area contributed by atoms with Gasteiger partial charge in [0.15, 0.2) is 0 Å². The highest BCUT2D eigenvalue weighted by Gasteiger charge is 2.26. The Kier molecular flexibility index (Phi) is 6.31. The zero-order chi connectivity index (χ0) is 20.3. The Bertz CT molecular complexity index is 910. The molecule has 3 rings (SSSR count). The van der Waals surface area contributed by atoms with Crippen LogP contribution in [-0.2, 0) is 4.79 Å². The quantitative estimate of drug-likeness (QED) is 0.821. The molecule has 0 bridgehead atoms. The van der Waals surface area contributed by atoms with Crippen LogP contribution in [-0.4, -0.2) is 60.2 Å². The second kappa shape index (κ2) is 8.70. The van der Waals surface area contributed by atoms with E-state index in [-0.39, 0.29) is 34.9 Å². The maximum absolute atomic E-state index is 13.1. The van der Waals surface area contributed by atoms with E-state index in [4.69, 9.17) is 11.6 Å². The van der Waals surface area contributed by atoms with Crippen molar-refractivity contribution in [1.82, 2.24) is 15.1 Å². The number of aryl methyl sites for hydroxylation is 1. The average Bonchev–Trinajstić information content (AvgIpc) is 3.12. The Labute approximate surface area is 170 Å². The lowest BCUT2D eigenvalue weighted by Crippen LogP contribution is -2.52. The van der Waals surface area contributed by atoms with Gasteiger partial charge in [-0.3, -0.25) is 14.4 Å². The van der Waals surface area contributed by atoms with Crippen molar-refractivity contribution in [2.75, 3.05) is 32.7 Å². The lowest BCUT2D eigenvalue weighted by Gasteiger charge is -2.35. The van der Waals surface area contributed by atoms with Crippen molar-refractivity contribution in [2.24, 2.45) is 0 Å². The van der Waals surface area contributed by atoms with Crippen molar-refractivity contribution in [3.63, 3.8) is 0 Å². The molecule has 6 nitrogen and oxygen atoms in total. The summed E-state index contributed by atoms with van der Waals surface area (Å²) >= 11 is 7.33. The van der Waals surface area contributed by atoms with E-state index in [1.807, 2.05) is 13.0 Å². The van der Waals surface area contributed by atoms with E-state index < -0.39 is 5.82 Å². The molecule has 1 aromatic carbocycles. The summed E-state index contributed by atoms with van der Waals surface area (Å²) in [7, 11) is 0. The summed E-state index contributed by atoms with van der Waals surface area (Å²) in [4.78, 5) is 41.7. The number of halogens is 2. The fraction of sp³-hybridized carbons (Fsp3) is 0.316. The van der Waals surface area contributed by atoms with Crippen LogP contribution in [0.4, 0.5) is 4.39 Å². The van der Waals surface area contributed by atoms with Gasteiger partial charge in [0, 0.05) is 31.1 Å². The molecule has 2 aromatic rings. The van der Waals surface area contributed by atoms with Crippen LogP contribution in [0.5, 0.6) is 0 Å². The van der Waals surface area contributed by atoms with E-state index in [9.17, 15) is 18.8 Å². The molecule has 1 N–H and O–H groups in total. The third-order valence-corrected chi connectivity index (χ3v) is 5.76. The van der Waals surface area contributed by atoms with Crippen LogP contribution < -0.4 is 5.32 Å². The van der Waals surface area contributed by atoms with Gasteiger partial charge in [0.2, 0.25) is 5.91 Å². The number of amides is 3. The zero-order valence-corrected chi connectivity index (χ0v) is 16.8. The number of nitrogens with zero attached hydrogens (tertiary/aromatic N) is 2. The standard InChI is InChI=1S/C19H19ClFN3O3S/c1-12-2-5-16(28-12)18(26)22-11-17(25)23-6-8-24(9-7-23)19(27)14-4-3-13(21)10-15(14)20/h2-5,10H,6-9,11H2,1H3,(H,22,26). The molecule has 1 fully saturated rings. The topological polar surface area (TPSA) is 69.7 Å². The Morgan fingerprint density at radius 3 is 2.39 bits per heavy atom. The van der Waals surface area contributed by atoms with Gasteiger partial charge in [0.1, 0.15) is 5.82 Å². The monoisotopic (exact) mass is 423 g/mol.